The Labute approximate surface area is 145 Å². The fourth-order valence-electron chi connectivity index (χ4n) is 3.39. The lowest BCUT2D eigenvalue weighted by molar-refractivity contribution is -0.129. The van der Waals surface area contributed by atoms with E-state index in [1.54, 1.807) is 12.1 Å². The van der Waals surface area contributed by atoms with Crippen LogP contribution in [0.4, 0.5) is 4.39 Å². The quantitative estimate of drug-likeness (QED) is 0.794. The predicted molar refractivity (Wildman–Crippen MR) is 93.5 cm³/mol. The minimum Gasteiger partial charge on any atom is -0.353 e. The molecule has 25 heavy (non-hydrogen) atoms. The molecule has 0 bridgehead atoms. The second-order valence-electron chi connectivity index (χ2n) is 6.21. The number of hydrogen-bond donors (Lipinski definition) is 1. The topological polar surface area (TPSA) is 50.2 Å². The van der Waals surface area contributed by atoms with E-state index in [1.165, 1.54) is 12.1 Å². The largest absolute Gasteiger partial charge is 0.353 e. The lowest BCUT2D eigenvalue weighted by Gasteiger charge is -2.35. The summed E-state index contributed by atoms with van der Waals surface area (Å²) in [5.41, 5.74) is 2.87. The Bertz CT molecular complexity index is 890. The number of halogens is 1. The highest BCUT2D eigenvalue weighted by Crippen LogP contribution is 2.24. The maximum Gasteiger partial charge on any atom is 0.242 e. The van der Waals surface area contributed by atoms with E-state index in [9.17, 15) is 9.18 Å². The third kappa shape index (κ3) is 3.13. The standard InChI is InChI=1S/C19H19FN4O/c20-15-7-5-14(6-8-15)18-19(25)21-9-10-23(18)11-12-24-13-22-16-3-1-2-4-17(16)24/h1-8,13,18H,9-12H2,(H,21,25)/t18-/m0/s1. The van der Waals surface area contributed by atoms with Gasteiger partial charge in [-0.15, -0.1) is 0 Å². The van der Waals surface area contributed by atoms with E-state index >= 15 is 0 Å². The number of nitrogens with zero attached hydrogens (tertiary/aromatic N) is 3. The number of benzene rings is 2. The Balaban J connectivity index is 1.55. The zero-order valence-corrected chi connectivity index (χ0v) is 13.7. The van der Waals surface area contributed by atoms with E-state index in [0.29, 0.717) is 6.54 Å². The maximum atomic E-state index is 13.2. The SMILES string of the molecule is O=C1NCCN(CCn2cnc3ccccc32)[C@H]1c1ccc(F)cc1. The van der Waals surface area contributed by atoms with Crippen molar-refractivity contribution in [3.8, 4) is 0 Å². The average Bonchev–Trinajstić information content (AvgIpc) is 3.04. The molecule has 1 aromatic heterocycles. The summed E-state index contributed by atoms with van der Waals surface area (Å²) in [7, 11) is 0. The van der Waals surface area contributed by atoms with Crippen LogP contribution in [0, 0.1) is 5.82 Å². The summed E-state index contributed by atoms with van der Waals surface area (Å²) in [5.74, 6) is -0.329. The van der Waals surface area contributed by atoms with Gasteiger partial charge in [0.15, 0.2) is 0 Å². The molecule has 6 heteroatoms. The van der Waals surface area contributed by atoms with Crippen LogP contribution >= 0.6 is 0 Å². The first-order chi connectivity index (χ1) is 12.2. The molecule has 1 N–H and O–H groups in total. The van der Waals surface area contributed by atoms with Crippen molar-refractivity contribution in [2.75, 3.05) is 19.6 Å². The van der Waals surface area contributed by atoms with Crippen molar-refractivity contribution in [1.29, 1.82) is 0 Å². The Morgan fingerprint density at radius 1 is 1.12 bits per heavy atom. The number of hydrogen-bond acceptors (Lipinski definition) is 3. The van der Waals surface area contributed by atoms with E-state index in [-0.39, 0.29) is 17.8 Å². The van der Waals surface area contributed by atoms with E-state index < -0.39 is 0 Å². The average molecular weight is 338 g/mol. The third-order valence-electron chi connectivity index (χ3n) is 4.65. The Hall–Kier alpha value is -2.73. The number of carbonyl (C=O) groups excluding carboxylic acids is 1. The number of rotatable bonds is 4. The first-order valence-corrected chi connectivity index (χ1v) is 8.39. The highest BCUT2D eigenvalue weighted by Gasteiger charge is 2.30. The predicted octanol–water partition coefficient (Wildman–Crippen LogP) is 2.35. The van der Waals surface area contributed by atoms with Crippen molar-refractivity contribution in [3.63, 3.8) is 0 Å². The molecule has 3 aromatic rings. The number of carbonyl (C=O) groups is 1. The van der Waals surface area contributed by atoms with Crippen LogP contribution in [0.3, 0.4) is 0 Å². The molecule has 1 atom stereocenters. The van der Waals surface area contributed by atoms with Crippen LogP contribution < -0.4 is 5.32 Å². The summed E-state index contributed by atoms with van der Waals surface area (Å²) in [6, 6.07) is 13.8. The summed E-state index contributed by atoms with van der Waals surface area (Å²) < 4.78 is 15.3. The number of fused-ring (bicyclic) bond motifs is 1. The van der Waals surface area contributed by atoms with Gasteiger partial charge in [0.25, 0.3) is 0 Å². The molecule has 1 saturated heterocycles. The number of nitrogens with one attached hydrogen (secondary N) is 1. The number of para-hydroxylation sites is 2. The van der Waals surface area contributed by atoms with Crippen LogP contribution in [0.2, 0.25) is 0 Å². The summed E-state index contributed by atoms with van der Waals surface area (Å²) in [6.07, 6.45) is 1.83. The van der Waals surface area contributed by atoms with E-state index in [4.69, 9.17) is 0 Å². The minimum absolute atomic E-state index is 0.0339. The number of piperazine rings is 1. The van der Waals surface area contributed by atoms with Crippen molar-refractivity contribution in [1.82, 2.24) is 19.8 Å². The van der Waals surface area contributed by atoms with Crippen molar-refractivity contribution >= 4 is 16.9 Å². The van der Waals surface area contributed by atoms with Crippen LogP contribution in [-0.4, -0.2) is 40.0 Å². The minimum atomic E-state index is -0.385. The summed E-state index contributed by atoms with van der Waals surface area (Å²) in [6.45, 7) is 2.85. The first-order valence-electron chi connectivity index (χ1n) is 8.39. The molecule has 2 aromatic carbocycles. The highest BCUT2D eigenvalue weighted by atomic mass is 19.1. The van der Waals surface area contributed by atoms with Crippen LogP contribution in [0.15, 0.2) is 54.9 Å². The molecular weight excluding hydrogens is 319 g/mol. The van der Waals surface area contributed by atoms with Crippen molar-refractivity contribution in [2.24, 2.45) is 0 Å². The fraction of sp³-hybridized carbons (Fsp3) is 0.263. The number of amides is 1. The van der Waals surface area contributed by atoms with Gasteiger partial charge in [-0.1, -0.05) is 24.3 Å². The second kappa shape index (κ2) is 6.64. The lowest BCUT2D eigenvalue weighted by atomic mass is 10.0. The molecule has 0 radical (unpaired) electrons. The Morgan fingerprint density at radius 2 is 1.92 bits per heavy atom. The van der Waals surface area contributed by atoms with Crippen molar-refractivity contribution in [2.45, 2.75) is 12.6 Å². The van der Waals surface area contributed by atoms with Crippen LogP contribution in [0.5, 0.6) is 0 Å². The lowest BCUT2D eigenvalue weighted by Crippen LogP contribution is -2.50. The molecule has 0 aliphatic carbocycles. The van der Waals surface area contributed by atoms with Gasteiger partial charge in [-0.05, 0) is 29.8 Å². The normalized spacial score (nSPS) is 18.4. The van der Waals surface area contributed by atoms with Gasteiger partial charge in [-0.3, -0.25) is 9.69 Å². The molecule has 2 heterocycles. The van der Waals surface area contributed by atoms with E-state index in [0.717, 1.165) is 36.2 Å². The molecule has 128 valence electrons. The molecule has 0 saturated carbocycles. The van der Waals surface area contributed by atoms with Gasteiger partial charge < -0.3 is 9.88 Å². The molecule has 1 aliphatic heterocycles. The molecule has 0 unspecified atom stereocenters. The molecule has 1 amide bonds. The van der Waals surface area contributed by atoms with Gasteiger partial charge in [-0.25, -0.2) is 9.37 Å². The maximum absolute atomic E-state index is 13.2. The zero-order chi connectivity index (χ0) is 17.2. The van der Waals surface area contributed by atoms with Crippen LogP contribution in [0.25, 0.3) is 11.0 Å². The van der Waals surface area contributed by atoms with Crippen LogP contribution in [0.1, 0.15) is 11.6 Å². The highest BCUT2D eigenvalue weighted by molar-refractivity contribution is 5.83. The number of aromatic nitrogens is 2. The number of imidazole rings is 1. The molecular formula is C19H19FN4O. The van der Waals surface area contributed by atoms with Gasteiger partial charge in [0, 0.05) is 26.2 Å². The molecule has 4 rings (SSSR count). The van der Waals surface area contributed by atoms with Gasteiger partial charge in [0.1, 0.15) is 11.9 Å². The zero-order valence-electron chi connectivity index (χ0n) is 13.7. The molecule has 1 aliphatic rings. The monoisotopic (exact) mass is 338 g/mol. The van der Waals surface area contributed by atoms with Gasteiger partial charge in [-0.2, -0.15) is 0 Å². The summed E-state index contributed by atoms with van der Waals surface area (Å²) in [4.78, 5) is 18.9. The second-order valence-corrected chi connectivity index (χ2v) is 6.21. The Kier molecular flexibility index (Phi) is 4.19. The fourth-order valence-corrected chi connectivity index (χ4v) is 3.39. The molecule has 1 fully saturated rings. The van der Waals surface area contributed by atoms with Gasteiger partial charge >= 0.3 is 0 Å². The van der Waals surface area contributed by atoms with E-state index in [2.05, 4.69) is 19.8 Å². The van der Waals surface area contributed by atoms with E-state index in [1.807, 2.05) is 30.6 Å². The third-order valence-corrected chi connectivity index (χ3v) is 4.65. The molecule has 5 nitrogen and oxygen atoms in total. The summed E-state index contributed by atoms with van der Waals surface area (Å²) in [5, 5.41) is 2.90. The van der Waals surface area contributed by atoms with Crippen molar-refractivity contribution < 1.29 is 9.18 Å². The molecule has 0 spiro atoms. The van der Waals surface area contributed by atoms with Crippen LogP contribution in [-0.2, 0) is 11.3 Å². The van der Waals surface area contributed by atoms with Gasteiger partial charge in [0.2, 0.25) is 5.91 Å². The van der Waals surface area contributed by atoms with Crippen molar-refractivity contribution in [3.05, 3.63) is 66.2 Å². The Morgan fingerprint density at radius 3 is 2.76 bits per heavy atom. The smallest absolute Gasteiger partial charge is 0.242 e. The first kappa shape index (κ1) is 15.8. The summed E-state index contributed by atoms with van der Waals surface area (Å²) >= 11 is 0. The van der Waals surface area contributed by atoms with Gasteiger partial charge in [0.05, 0.1) is 17.4 Å².